The van der Waals surface area contributed by atoms with Gasteiger partial charge in [-0.05, 0) is 12.1 Å². The summed E-state index contributed by atoms with van der Waals surface area (Å²) in [5, 5.41) is 2.44. The molecule has 6 heteroatoms. The van der Waals surface area contributed by atoms with E-state index in [1.165, 1.54) is 12.3 Å². The number of carbonyl (C=O) groups is 2. The van der Waals surface area contributed by atoms with Crippen LogP contribution in [0.25, 0.3) is 0 Å². The zero-order chi connectivity index (χ0) is 11.8. The molecule has 0 saturated carbocycles. The van der Waals surface area contributed by atoms with Gasteiger partial charge in [0.2, 0.25) is 0 Å². The van der Waals surface area contributed by atoms with Crippen molar-refractivity contribution in [2.75, 3.05) is 6.54 Å². The van der Waals surface area contributed by atoms with Crippen molar-refractivity contribution in [3.05, 3.63) is 42.7 Å². The lowest BCUT2D eigenvalue weighted by Crippen LogP contribution is -2.47. The van der Waals surface area contributed by atoms with Crippen LogP contribution in [0, 0.1) is 0 Å². The predicted octanol–water partition coefficient (Wildman–Crippen LogP) is 0.212. The van der Waals surface area contributed by atoms with Gasteiger partial charge in [0.25, 0.3) is 5.91 Å². The monoisotopic (exact) mass is 220 g/mol. The van der Waals surface area contributed by atoms with E-state index in [4.69, 9.17) is 0 Å². The molecule has 0 bridgehead atoms. The lowest BCUT2D eigenvalue weighted by molar-refractivity contribution is 0.0931. The van der Waals surface area contributed by atoms with Crippen molar-refractivity contribution in [3.63, 3.8) is 0 Å². The number of hydrogen-bond donors (Lipinski definition) is 3. The fraction of sp³-hybridized carbons (Fsp3) is 0.100. The molecule has 16 heavy (non-hydrogen) atoms. The topological polar surface area (TPSA) is 83.1 Å². The maximum absolute atomic E-state index is 11.4. The first-order valence-corrected chi connectivity index (χ1v) is 4.60. The Hall–Kier alpha value is -2.37. The number of pyridine rings is 1. The standard InChI is InChI=1S/C10H12N4O2/c1-2-6-12-10(16)14-13-9(15)8-5-3-4-7-11-8/h2-5,7H,1,6H2,(H,13,15)(H2,12,14,16). The highest BCUT2D eigenvalue weighted by Gasteiger charge is 2.06. The average Bonchev–Trinajstić information content (AvgIpc) is 2.34. The molecule has 0 aliphatic carbocycles. The normalized spacial score (nSPS) is 9.00. The van der Waals surface area contributed by atoms with Crippen LogP contribution in [0.4, 0.5) is 4.79 Å². The van der Waals surface area contributed by atoms with Gasteiger partial charge in [-0.2, -0.15) is 0 Å². The summed E-state index contributed by atoms with van der Waals surface area (Å²) >= 11 is 0. The van der Waals surface area contributed by atoms with Gasteiger partial charge in [-0.25, -0.2) is 10.2 Å². The summed E-state index contributed by atoms with van der Waals surface area (Å²) in [7, 11) is 0. The molecule has 6 nitrogen and oxygen atoms in total. The van der Waals surface area contributed by atoms with Crippen LogP contribution in [0.5, 0.6) is 0 Å². The third-order valence-corrected chi connectivity index (χ3v) is 1.59. The fourth-order valence-corrected chi connectivity index (χ4v) is 0.884. The molecule has 1 heterocycles. The number of hydrazine groups is 1. The van der Waals surface area contributed by atoms with E-state index < -0.39 is 11.9 Å². The second kappa shape index (κ2) is 6.18. The van der Waals surface area contributed by atoms with Crippen LogP contribution >= 0.6 is 0 Å². The van der Waals surface area contributed by atoms with E-state index in [0.717, 1.165) is 0 Å². The summed E-state index contributed by atoms with van der Waals surface area (Å²) in [6.45, 7) is 3.76. The molecule has 3 N–H and O–H groups in total. The second-order valence-corrected chi connectivity index (χ2v) is 2.79. The Morgan fingerprint density at radius 3 is 2.81 bits per heavy atom. The zero-order valence-corrected chi connectivity index (χ0v) is 8.56. The summed E-state index contributed by atoms with van der Waals surface area (Å²) in [6, 6.07) is 4.41. The van der Waals surface area contributed by atoms with Crippen molar-refractivity contribution in [1.29, 1.82) is 0 Å². The van der Waals surface area contributed by atoms with Gasteiger partial charge >= 0.3 is 6.03 Å². The van der Waals surface area contributed by atoms with Crippen LogP contribution < -0.4 is 16.2 Å². The molecule has 0 spiro atoms. The molecule has 0 radical (unpaired) electrons. The van der Waals surface area contributed by atoms with Gasteiger partial charge in [0.1, 0.15) is 5.69 Å². The molecular formula is C10H12N4O2. The highest BCUT2D eigenvalue weighted by atomic mass is 16.2. The molecular weight excluding hydrogens is 208 g/mol. The van der Waals surface area contributed by atoms with Crippen molar-refractivity contribution >= 4 is 11.9 Å². The van der Waals surface area contributed by atoms with E-state index in [2.05, 4.69) is 27.7 Å². The quantitative estimate of drug-likeness (QED) is 0.503. The van der Waals surface area contributed by atoms with Gasteiger partial charge in [-0.3, -0.25) is 15.2 Å². The summed E-state index contributed by atoms with van der Waals surface area (Å²) in [5.41, 5.74) is 4.62. The van der Waals surface area contributed by atoms with Crippen molar-refractivity contribution < 1.29 is 9.59 Å². The van der Waals surface area contributed by atoms with Crippen molar-refractivity contribution in [2.45, 2.75) is 0 Å². The number of hydrogen-bond acceptors (Lipinski definition) is 3. The average molecular weight is 220 g/mol. The lowest BCUT2D eigenvalue weighted by Gasteiger charge is -2.06. The maximum Gasteiger partial charge on any atom is 0.333 e. The highest BCUT2D eigenvalue weighted by molar-refractivity contribution is 5.93. The van der Waals surface area contributed by atoms with Crippen molar-refractivity contribution in [1.82, 2.24) is 21.2 Å². The molecule has 1 rings (SSSR count). The molecule has 3 amide bonds. The third kappa shape index (κ3) is 3.79. The summed E-state index contributed by atoms with van der Waals surface area (Å²) < 4.78 is 0. The molecule has 1 aromatic heterocycles. The highest BCUT2D eigenvalue weighted by Crippen LogP contribution is 1.91. The van der Waals surface area contributed by atoms with E-state index >= 15 is 0 Å². The molecule has 0 fully saturated rings. The molecule has 0 unspecified atom stereocenters. The number of nitrogens with zero attached hydrogens (tertiary/aromatic N) is 1. The third-order valence-electron chi connectivity index (χ3n) is 1.59. The van der Waals surface area contributed by atoms with Crippen LogP contribution in [0.1, 0.15) is 10.5 Å². The SMILES string of the molecule is C=CCNC(=O)NNC(=O)c1ccccn1. The zero-order valence-electron chi connectivity index (χ0n) is 8.56. The van der Waals surface area contributed by atoms with E-state index in [-0.39, 0.29) is 5.69 Å². The largest absolute Gasteiger partial charge is 0.333 e. The number of aromatic nitrogens is 1. The first-order chi connectivity index (χ1) is 7.74. The summed E-state index contributed by atoms with van der Waals surface area (Å²) in [4.78, 5) is 26.2. The van der Waals surface area contributed by atoms with Crippen molar-refractivity contribution in [3.8, 4) is 0 Å². The minimum Gasteiger partial charge on any atom is -0.333 e. The van der Waals surface area contributed by atoms with E-state index in [0.29, 0.717) is 6.54 Å². The van der Waals surface area contributed by atoms with E-state index in [1.54, 1.807) is 18.2 Å². The molecule has 1 aromatic rings. The second-order valence-electron chi connectivity index (χ2n) is 2.79. The van der Waals surface area contributed by atoms with Gasteiger partial charge in [-0.15, -0.1) is 6.58 Å². The summed E-state index contributed by atoms with van der Waals surface area (Å²) in [5.74, 6) is -0.477. The van der Waals surface area contributed by atoms with Crippen molar-refractivity contribution in [2.24, 2.45) is 0 Å². The van der Waals surface area contributed by atoms with Crippen LogP contribution in [0.3, 0.4) is 0 Å². The number of urea groups is 1. The molecule has 0 saturated heterocycles. The first-order valence-electron chi connectivity index (χ1n) is 4.60. The number of carbonyl (C=O) groups excluding carboxylic acids is 2. The maximum atomic E-state index is 11.4. The molecule has 0 aliphatic heterocycles. The minimum absolute atomic E-state index is 0.228. The lowest BCUT2D eigenvalue weighted by atomic mass is 10.3. The molecule has 0 atom stereocenters. The Balaban J connectivity index is 2.36. The Kier molecular flexibility index (Phi) is 4.52. The smallest absolute Gasteiger partial charge is 0.333 e. The summed E-state index contributed by atoms with van der Waals surface area (Å²) in [6.07, 6.45) is 3.02. The Labute approximate surface area is 92.7 Å². The van der Waals surface area contributed by atoms with Gasteiger partial charge in [0.15, 0.2) is 0 Å². The van der Waals surface area contributed by atoms with Gasteiger partial charge in [0.05, 0.1) is 0 Å². The Morgan fingerprint density at radius 1 is 1.38 bits per heavy atom. The van der Waals surface area contributed by atoms with Crippen LogP contribution in [0.15, 0.2) is 37.1 Å². The van der Waals surface area contributed by atoms with Gasteiger partial charge < -0.3 is 5.32 Å². The van der Waals surface area contributed by atoms with E-state index in [1.807, 2.05) is 0 Å². The number of rotatable bonds is 3. The van der Waals surface area contributed by atoms with Gasteiger partial charge in [-0.1, -0.05) is 12.1 Å². The first kappa shape index (κ1) is 11.7. The molecule has 84 valence electrons. The van der Waals surface area contributed by atoms with Gasteiger partial charge in [0, 0.05) is 12.7 Å². The molecule has 0 aliphatic rings. The van der Waals surface area contributed by atoms with Crippen LogP contribution in [-0.2, 0) is 0 Å². The molecule has 0 aromatic carbocycles. The Morgan fingerprint density at radius 2 is 2.19 bits per heavy atom. The minimum atomic E-state index is -0.510. The van der Waals surface area contributed by atoms with Crippen LogP contribution in [0.2, 0.25) is 0 Å². The predicted molar refractivity (Wildman–Crippen MR) is 58.4 cm³/mol. The number of nitrogens with one attached hydrogen (secondary N) is 3. The van der Waals surface area contributed by atoms with Crippen LogP contribution in [-0.4, -0.2) is 23.5 Å². The number of amides is 3. The Bertz CT molecular complexity index is 378. The van der Waals surface area contributed by atoms with E-state index in [9.17, 15) is 9.59 Å². The fourth-order valence-electron chi connectivity index (χ4n) is 0.884.